The van der Waals surface area contributed by atoms with Gasteiger partial charge in [0.1, 0.15) is 0 Å². The Morgan fingerprint density at radius 3 is 2.44 bits per heavy atom. The second-order valence-corrected chi connectivity index (χ2v) is 4.29. The van der Waals surface area contributed by atoms with E-state index in [0.29, 0.717) is 5.69 Å². The molecule has 1 unspecified atom stereocenters. The number of aliphatic hydroxyl groups is 1. The summed E-state index contributed by atoms with van der Waals surface area (Å²) < 4.78 is 0. The fraction of sp³-hybridized carbons (Fsp3) is 0.462. The van der Waals surface area contributed by atoms with Crippen molar-refractivity contribution in [3.05, 3.63) is 29.8 Å². The molecule has 0 radical (unpaired) electrons. The summed E-state index contributed by atoms with van der Waals surface area (Å²) in [5, 5.41) is 15.0. The molecule has 0 aromatic heterocycles. The van der Waals surface area contributed by atoms with Crippen molar-refractivity contribution >= 4 is 11.7 Å². The molecule has 5 nitrogen and oxygen atoms in total. The van der Waals surface area contributed by atoms with Crippen LogP contribution in [0.25, 0.3) is 0 Å². The molecular weight excluding hydrogens is 230 g/mol. The SMILES string of the molecule is CC[C@@H](CO)NC(C)c1ccc(NC(N)=O)cc1. The van der Waals surface area contributed by atoms with Crippen LogP contribution in [-0.4, -0.2) is 23.8 Å². The van der Waals surface area contributed by atoms with Crippen LogP contribution in [0, 0.1) is 0 Å². The smallest absolute Gasteiger partial charge is 0.316 e. The molecule has 18 heavy (non-hydrogen) atoms. The largest absolute Gasteiger partial charge is 0.395 e. The number of hydrogen-bond donors (Lipinski definition) is 4. The van der Waals surface area contributed by atoms with Gasteiger partial charge in [0.05, 0.1) is 6.61 Å². The van der Waals surface area contributed by atoms with E-state index in [2.05, 4.69) is 10.6 Å². The number of amides is 2. The van der Waals surface area contributed by atoms with E-state index in [1.54, 1.807) is 12.1 Å². The predicted octanol–water partition coefficient (Wildman–Crippen LogP) is 1.60. The van der Waals surface area contributed by atoms with E-state index in [4.69, 9.17) is 10.8 Å². The molecule has 0 aliphatic carbocycles. The van der Waals surface area contributed by atoms with Gasteiger partial charge in [0.15, 0.2) is 0 Å². The van der Waals surface area contributed by atoms with Gasteiger partial charge in [-0.15, -0.1) is 0 Å². The van der Waals surface area contributed by atoms with Crippen molar-refractivity contribution in [3.8, 4) is 0 Å². The number of carbonyl (C=O) groups is 1. The van der Waals surface area contributed by atoms with Crippen LogP contribution < -0.4 is 16.4 Å². The minimum Gasteiger partial charge on any atom is -0.395 e. The summed E-state index contributed by atoms with van der Waals surface area (Å²) >= 11 is 0. The van der Waals surface area contributed by atoms with E-state index >= 15 is 0 Å². The first-order valence-corrected chi connectivity index (χ1v) is 6.10. The van der Waals surface area contributed by atoms with Crippen LogP contribution in [0.5, 0.6) is 0 Å². The second kappa shape index (κ2) is 6.98. The van der Waals surface area contributed by atoms with E-state index < -0.39 is 6.03 Å². The standard InChI is InChI=1S/C13H21N3O2/c1-3-11(8-17)15-9(2)10-4-6-12(7-5-10)16-13(14)18/h4-7,9,11,15,17H,3,8H2,1-2H3,(H3,14,16,18)/t9?,11-/m0/s1. The number of rotatable bonds is 6. The second-order valence-electron chi connectivity index (χ2n) is 4.29. The quantitative estimate of drug-likeness (QED) is 0.619. The molecule has 0 saturated carbocycles. The van der Waals surface area contributed by atoms with Crippen LogP contribution in [0.3, 0.4) is 0 Å². The number of hydrogen-bond acceptors (Lipinski definition) is 3. The fourth-order valence-corrected chi connectivity index (χ4v) is 1.75. The lowest BCUT2D eigenvalue weighted by atomic mass is 10.1. The summed E-state index contributed by atoms with van der Waals surface area (Å²) in [6.07, 6.45) is 0.877. The molecule has 100 valence electrons. The molecule has 2 atom stereocenters. The fourth-order valence-electron chi connectivity index (χ4n) is 1.75. The highest BCUT2D eigenvalue weighted by Crippen LogP contribution is 2.16. The molecule has 1 aromatic carbocycles. The Kier molecular flexibility index (Phi) is 5.61. The van der Waals surface area contributed by atoms with Crippen LogP contribution >= 0.6 is 0 Å². The number of primary amides is 1. The zero-order valence-corrected chi connectivity index (χ0v) is 10.8. The maximum Gasteiger partial charge on any atom is 0.316 e. The van der Waals surface area contributed by atoms with Crippen molar-refractivity contribution in [2.45, 2.75) is 32.4 Å². The first kappa shape index (κ1) is 14.5. The number of benzene rings is 1. The molecule has 5 heteroatoms. The first-order valence-electron chi connectivity index (χ1n) is 6.10. The summed E-state index contributed by atoms with van der Waals surface area (Å²) in [5.41, 5.74) is 6.80. The Balaban J connectivity index is 2.63. The van der Waals surface area contributed by atoms with Gasteiger partial charge in [-0.1, -0.05) is 19.1 Å². The Hall–Kier alpha value is -1.59. The van der Waals surface area contributed by atoms with E-state index in [0.717, 1.165) is 12.0 Å². The molecule has 0 bridgehead atoms. The highest BCUT2D eigenvalue weighted by atomic mass is 16.3. The summed E-state index contributed by atoms with van der Waals surface area (Å²) in [4.78, 5) is 10.7. The molecule has 0 fully saturated rings. The van der Waals surface area contributed by atoms with Crippen LogP contribution in [0.15, 0.2) is 24.3 Å². The van der Waals surface area contributed by atoms with E-state index in [1.165, 1.54) is 0 Å². The summed E-state index contributed by atoms with van der Waals surface area (Å²) in [7, 11) is 0. The van der Waals surface area contributed by atoms with Gasteiger partial charge < -0.3 is 21.5 Å². The van der Waals surface area contributed by atoms with Crippen LogP contribution in [-0.2, 0) is 0 Å². The van der Waals surface area contributed by atoms with E-state index in [-0.39, 0.29) is 18.7 Å². The Morgan fingerprint density at radius 1 is 1.39 bits per heavy atom. The molecule has 0 spiro atoms. The van der Waals surface area contributed by atoms with Crippen LogP contribution in [0.2, 0.25) is 0 Å². The molecule has 0 heterocycles. The molecular formula is C13H21N3O2. The van der Waals surface area contributed by atoms with Gasteiger partial charge in [-0.25, -0.2) is 4.79 Å². The van der Waals surface area contributed by atoms with Crippen molar-refractivity contribution in [2.75, 3.05) is 11.9 Å². The van der Waals surface area contributed by atoms with Crippen molar-refractivity contribution in [3.63, 3.8) is 0 Å². The Labute approximate surface area is 107 Å². The lowest BCUT2D eigenvalue weighted by molar-refractivity contribution is 0.230. The topological polar surface area (TPSA) is 87.4 Å². The predicted molar refractivity (Wildman–Crippen MR) is 72.4 cm³/mol. The van der Waals surface area contributed by atoms with Crippen LogP contribution in [0.4, 0.5) is 10.5 Å². The molecule has 5 N–H and O–H groups in total. The Morgan fingerprint density at radius 2 is 2.00 bits per heavy atom. The van der Waals surface area contributed by atoms with Gasteiger partial charge in [0.25, 0.3) is 0 Å². The number of anilines is 1. The Bertz CT molecular complexity index is 374. The summed E-state index contributed by atoms with van der Waals surface area (Å²) in [5.74, 6) is 0. The van der Waals surface area contributed by atoms with E-state index in [1.807, 2.05) is 26.0 Å². The number of aliphatic hydroxyl groups excluding tert-OH is 1. The molecule has 0 aliphatic heterocycles. The van der Waals surface area contributed by atoms with Gasteiger partial charge in [0.2, 0.25) is 0 Å². The maximum absolute atomic E-state index is 10.7. The summed E-state index contributed by atoms with van der Waals surface area (Å²) in [6.45, 7) is 4.19. The average Bonchev–Trinajstić information content (AvgIpc) is 2.35. The van der Waals surface area contributed by atoms with Gasteiger partial charge in [-0.2, -0.15) is 0 Å². The molecule has 2 amide bonds. The number of nitrogens with one attached hydrogen (secondary N) is 2. The number of carbonyl (C=O) groups excluding carboxylic acids is 1. The third-order valence-electron chi connectivity index (χ3n) is 2.88. The lowest BCUT2D eigenvalue weighted by Gasteiger charge is -2.21. The molecule has 1 aromatic rings. The molecule has 0 aliphatic rings. The first-order chi connectivity index (χ1) is 8.56. The zero-order valence-electron chi connectivity index (χ0n) is 10.8. The van der Waals surface area contributed by atoms with Gasteiger partial charge in [0, 0.05) is 17.8 Å². The van der Waals surface area contributed by atoms with Crippen molar-refractivity contribution in [1.82, 2.24) is 5.32 Å². The number of urea groups is 1. The van der Waals surface area contributed by atoms with Gasteiger partial charge in [-0.3, -0.25) is 0 Å². The highest BCUT2D eigenvalue weighted by molar-refractivity contribution is 5.87. The van der Waals surface area contributed by atoms with Gasteiger partial charge >= 0.3 is 6.03 Å². The lowest BCUT2D eigenvalue weighted by Crippen LogP contribution is -2.33. The van der Waals surface area contributed by atoms with Gasteiger partial charge in [-0.05, 0) is 31.0 Å². The monoisotopic (exact) mass is 251 g/mol. The maximum atomic E-state index is 10.7. The van der Waals surface area contributed by atoms with Crippen molar-refractivity contribution in [1.29, 1.82) is 0 Å². The third kappa shape index (κ3) is 4.35. The van der Waals surface area contributed by atoms with Crippen molar-refractivity contribution < 1.29 is 9.90 Å². The normalized spacial score (nSPS) is 13.9. The van der Waals surface area contributed by atoms with E-state index in [9.17, 15) is 4.79 Å². The third-order valence-corrected chi connectivity index (χ3v) is 2.88. The summed E-state index contributed by atoms with van der Waals surface area (Å²) in [6, 6.07) is 7.13. The van der Waals surface area contributed by atoms with Crippen molar-refractivity contribution in [2.24, 2.45) is 5.73 Å². The zero-order chi connectivity index (χ0) is 13.5. The number of nitrogens with two attached hydrogens (primary N) is 1. The highest BCUT2D eigenvalue weighted by Gasteiger charge is 2.10. The average molecular weight is 251 g/mol. The van der Waals surface area contributed by atoms with Crippen LogP contribution in [0.1, 0.15) is 31.9 Å². The minimum atomic E-state index is -0.569. The minimum absolute atomic E-state index is 0.100. The molecule has 0 saturated heterocycles. The molecule has 1 rings (SSSR count).